The topological polar surface area (TPSA) is 149 Å². The third kappa shape index (κ3) is 29.5. The molecule has 6 N–H and O–H groups in total. The second-order valence-electron chi connectivity index (χ2n) is 16.9. The van der Waals surface area contributed by atoms with Crippen molar-refractivity contribution in [2.24, 2.45) is 0 Å². The lowest BCUT2D eigenvalue weighted by molar-refractivity contribution is -0.302. The van der Waals surface area contributed by atoms with Gasteiger partial charge in [-0.15, -0.1) is 0 Å². The van der Waals surface area contributed by atoms with Crippen molar-refractivity contribution in [2.75, 3.05) is 13.2 Å². The number of hydrogen-bond acceptors (Lipinski definition) is 8. The van der Waals surface area contributed by atoms with Crippen molar-refractivity contribution in [3.05, 3.63) is 24.3 Å². The summed E-state index contributed by atoms with van der Waals surface area (Å²) in [6.45, 7) is 3.77. The molecule has 7 atom stereocenters. The van der Waals surface area contributed by atoms with Crippen LogP contribution in [0.1, 0.15) is 219 Å². The lowest BCUT2D eigenvalue weighted by atomic mass is 9.99. The molecule has 0 aliphatic carbocycles. The molecule has 1 amide bonds. The zero-order valence-electron chi connectivity index (χ0n) is 36.9. The Labute approximate surface area is 349 Å². The van der Waals surface area contributed by atoms with Gasteiger partial charge in [0.1, 0.15) is 24.4 Å². The molecule has 1 fully saturated rings. The van der Waals surface area contributed by atoms with Crippen LogP contribution in [0, 0.1) is 0 Å². The minimum Gasteiger partial charge on any atom is -0.394 e. The first-order valence-corrected chi connectivity index (χ1v) is 24.1. The molecule has 0 saturated carbocycles. The van der Waals surface area contributed by atoms with Gasteiger partial charge in [-0.05, 0) is 44.9 Å². The fourth-order valence-electron chi connectivity index (χ4n) is 7.62. The van der Waals surface area contributed by atoms with Crippen molar-refractivity contribution < 1.29 is 39.8 Å². The number of rotatable bonds is 40. The average molecular weight is 810 g/mol. The molecule has 57 heavy (non-hydrogen) atoms. The van der Waals surface area contributed by atoms with E-state index >= 15 is 0 Å². The number of aliphatic hydroxyl groups excluding tert-OH is 5. The minimum atomic E-state index is -1.56. The summed E-state index contributed by atoms with van der Waals surface area (Å²) in [5, 5.41) is 54.2. The number of aliphatic hydroxyl groups is 5. The highest BCUT2D eigenvalue weighted by Gasteiger charge is 2.44. The molecule has 1 aliphatic rings. The molecule has 9 heteroatoms. The van der Waals surface area contributed by atoms with E-state index in [4.69, 9.17) is 9.47 Å². The van der Waals surface area contributed by atoms with Gasteiger partial charge in [-0.1, -0.05) is 192 Å². The zero-order chi connectivity index (χ0) is 41.6. The highest BCUT2D eigenvalue weighted by Crippen LogP contribution is 2.23. The van der Waals surface area contributed by atoms with E-state index in [0.717, 1.165) is 38.5 Å². The Hall–Kier alpha value is -1.33. The number of ether oxygens (including phenoxy) is 2. The molecule has 0 bridgehead atoms. The van der Waals surface area contributed by atoms with Crippen LogP contribution in [0.5, 0.6) is 0 Å². The van der Waals surface area contributed by atoms with Crippen molar-refractivity contribution in [1.29, 1.82) is 0 Å². The van der Waals surface area contributed by atoms with E-state index in [9.17, 15) is 30.3 Å². The number of unbranched alkanes of at least 4 members (excludes halogenated alkanes) is 28. The van der Waals surface area contributed by atoms with Gasteiger partial charge >= 0.3 is 0 Å². The Kier molecular flexibility index (Phi) is 36.6. The third-order valence-electron chi connectivity index (χ3n) is 11.5. The van der Waals surface area contributed by atoms with Gasteiger partial charge in [0.05, 0.1) is 25.4 Å². The number of carbonyl (C=O) groups excluding carboxylic acids is 1. The fourth-order valence-corrected chi connectivity index (χ4v) is 7.62. The van der Waals surface area contributed by atoms with Crippen molar-refractivity contribution in [3.8, 4) is 0 Å². The maximum absolute atomic E-state index is 13.0. The molecule has 0 aromatic rings. The van der Waals surface area contributed by atoms with Gasteiger partial charge in [-0.2, -0.15) is 0 Å². The van der Waals surface area contributed by atoms with Gasteiger partial charge < -0.3 is 40.3 Å². The van der Waals surface area contributed by atoms with E-state index in [1.807, 2.05) is 6.08 Å². The Morgan fingerprint density at radius 3 is 1.42 bits per heavy atom. The third-order valence-corrected chi connectivity index (χ3v) is 11.5. The van der Waals surface area contributed by atoms with Crippen LogP contribution in [0.15, 0.2) is 24.3 Å². The highest BCUT2D eigenvalue weighted by atomic mass is 16.7. The Balaban J connectivity index is 2.29. The summed E-state index contributed by atoms with van der Waals surface area (Å²) >= 11 is 0. The summed E-state index contributed by atoms with van der Waals surface area (Å²) in [6, 6.07) is -0.801. The van der Waals surface area contributed by atoms with Crippen LogP contribution in [-0.4, -0.2) is 87.5 Å². The lowest BCUT2D eigenvalue weighted by Gasteiger charge is -2.40. The molecular formula is C48H91NO8. The van der Waals surface area contributed by atoms with Gasteiger partial charge in [-0.3, -0.25) is 4.79 Å². The molecule has 1 rings (SSSR count). The summed E-state index contributed by atoms with van der Waals surface area (Å²) in [6.07, 6.45) is 39.3. The molecule has 0 aromatic heterocycles. The van der Waals surface area contributed by atoms with E-state index in [2.05, 4.69) is 31.3 Å². The van der Waals surface area contributed by atoms with E-state index < -0.39 is 49.5 Å². The first kappa shape index (κ1) is 53.7. The monoisotopic (exact) mass is 810 g/mol. The number of amides is 1. The predicted octanol–water partition coefficient (Wildman–Crippen LogP) is 10.3. The van der Waals surface area contributed by atoms with Crippen molar-refractivity contribution >= 4 is 5.91 Å². The van der Waals surface area contributed by atoms with Gasteiger partial charge in [0, 0.05) is 6.42 Å². The minimum absolute atomic E-state index is 0.177. The Bertz CT molecular complexity index is 945. The van der Waals surface area contributed by atoms with Crippen LogP contribution in [0.3, 0.4) is 0 Å². The molecule has 1 aliphatic heterocycles. The van der Waals surface area contributed by atoms with Gasteiger partial charge in [-0.25, -0.2) is 0 Å². The lowest BCUT2D eigenvalue weighted by Crippen LogP contribution is -2.60. The van der Waals surface area contributed by atoms with E-state index in [1.165, 1.54) is 161 Å². The second kappa shape index (κ2) is 38.8. The molecule has 336 valence electrons. The molecule has 0 spiro atoms. The van der Waals surface area contributed by atoms with E-state index in [1.54, 1.807) is 6.08 Å². The molecular weight excluding hydrogens is 719 g/mol. The first-order valence-electron chi connectivity index (χ1n) is 24.1. The Morgan fingerprint density at radius 2 is 0.982 bits per heavy atom. The van der Waals surface area contributed by atoms with Crippen LogP contribution in [0.2, 0.25) is 0 Å². The highest BCUT2D eigenvalue weighted by molar-refractivity contribution is 5.76. The molecule has 1 heterocycles. The number of nitrogens with one attached hydrogen (secondary N) is 1. The summed E-state index contributed by atoms with van der Waals surface area (Å²) in [5.41, 5.74) is 0. The molecule has 0 aromatic carbocycles. The Morgan fingerprint density at radius 1 is 0.579 bits per heavy atom. The van der Waals surface area contributed by atoms with Crippen LogP contribution in [0.25, 0.3) is 0 Å². The molecule has 1 saturated heterocycles. The van der Waals surface area contributed by atoms with Crippen LogP contribution < -0.4 is 5.32 Å². The largest absolute Gasteiger partial charge is 0.394 e. The van der Waals surface area contributed by atoms with Gasteiger partial charge in [0.2, 0.25) is 5.91 Å². The van der Waals surface area contributed by atoms with Crippen molar-refractivity contribution in [2.45, 2.75) is 262 Å². The van der Waals surface area contributed by atoms with Gasteiger partial charge in [0.15, 0.2) is 6.29 Å². The van der Waals surface area contributed by atoms with Crippen molar-refractivity contribution in [3.63, 3.8) is 0 Å². The van der Waals surface area contributed by atoms with E-state index in [-0.39, 0.29) is 12.5 Å². The maximum atomic E-state index is 13.0. The fraction of sp³-hybridized carbons (Fsp3) is 0.896. The summed E-state index contributed by atoms with van der Waals surface area (Å²) in [5.74, 6) is -0.177. The summed E-state index contributed by atoms with van der Waals surface area (Å²) in [4.78, 5) is 13.0. The zero-order valence-corrected chi connectivity index (χ0v) is 36.9. The van der Waals surface area contributed by atoms with Crippen LogP contribution >= 0.6 is 0 Å². The van der Waals surface area contributed by atoms with E-state index in [0.29, 0.717) is 6.42 Å². The van der Waals surface area contributed by atoms with Crippen LogP contribution in [0.4, 0.5) is 0 Å². The average Bonchev–Trinajstić information content (AvgIpc) is 3.21. The van der Waals surface area contributed by atoms with Gasteiger partial charge in [0.25, 0.3) is 0 Å². The summed E-state index contributed by atoms with van der Waals surface area (Å²) < 4.78 is 11.2. The quantitative estimate of drug-likeness (QED) is 0.0265. The number of carbonyl (C=O) groups is 1. The van der Waals surface area contributed by atoms with Crippen LogP contribution in [-0.2, 0) is 14.3 Å². The standard InChI is InChI=1S/C48H91NO8/c1-3-5-7-9-11-13-15-17-18-19-20-21-22-23-24-26-28-30-32-34-36-38-44(52)49-41(40-56-48-47(55)46(54)45(53)43(39-50)57-48)42(51)37-35-33-31-29-27-25-16-14-12-10-8-6-4-2/h17-18,35,37,41-43,45-48,50-51,53-55H,3-16,19-34,36,38-40H2,1-2H3,(H,49,52)/b18-17?,37-35+/t41-,42+,43-,45-,46+,47-,48?/m1/s1. The molecule has 9 nitrogen and oxygen atoms in total. The SMILES string of the molecule is CCCCCCCCC=CCCCCCCCCCCCCCC(=O)N[C@H](COC1O[C@H](CO)[C@@H](O)[C@H](O)[C@H]1O)[C@@H](O)/C=C/CCCCCCCCCCCCC. The molecule has 1 unspecified atom stereocenters. The number of allylic oxidation sites excluding steroid dienone is 3. The number of hydrogen-bond donors (Lipinski definition) is 6. The molecule has 0 radical (unpaired) electrons. The first-order chi connectivity index (χ1) is 27.8. The summed E-state index contributed by atoms with van der Waals surface area (Å²) in [7, 11) is 0. The second-order valence-corrected chi connectivity index (χ2v) is 16.9. The maximum Gasteiger partial charge on any atom is 0.220 e. The van der Waals surface area contributed by atoms with Crippen molar-refractivity contribution in [1.82, 2.24) is 5.32 Å². The normalized spacial score (nSPS) is 21.1. The smallest absolute Gasteiger partial charge is 0.220 e. The predicted molar refractivity (Wildman–Crippen MR) is 235 cm³/mol.